The SMILES string of the molecule is Cn1nc(-c2cncs2)cc1Oc1cc(C#N)ccc1-c1ncc(CCN)cn1. The molecule has 0 atom stereocenters. The van der Waals surface area contributed by atoms with E-state index in [9.17, 15) is 5.26 Å². The predicted octanol–water partition coefficient (Wildman–Crippen LogP) is 3.17. The summed E-state index contributed by atoms with van der Waals surface area (Å²) in [6, 6.07) is 9.14. The average Bonchev–Trinajstić information content (AvgIpc) is 3.39. The highest BCUT2D eigenvalue weighted by atomic mass is 32.1. The number of benzene rings is 1. The van der Waals surface area contributed by atoms with Crippen molar-refractivity contribution in [2.75, 3.05) is 6.54 Å². The van der Waals surface area contributed by atoms with Crippen molar-refractivity contribution in [3.8, 4) is 39.7 Å². The van der Waals surface area contributed by atoms with E-state index in [1.807, 2.05) is 6.07 Å². The van der Waals surface area contributed by atoms with Crippen molar-refractivity contribution in [3.63, 3.8) is 0 Å². The highest BCUT2D eigenvalue weighted by Gasteiger charge is 2.15. The van der Waals surface area contributed by atoms with Gasteiger partial charge in [0.25, 0.3) is 0 Å². The quantitative estimate of drug-likeness (QED) is 0.526. The summed E-state index contributed by atoms with van der Waals surface area (Å²) in [7, 11) is 1.80. The second-order valence-corrected chi connectivity index (χ2v) is 7.12. The van der Waals surface area contributed by atoms with Crippen molar-refractivity contribution in [1.29, 1.82) is 5.26 Å². The Labute approximate surface area is 171 Å². The highest BCUT2D eigenvalue weighted by molar-refractivity contribution is 7.13. The molecule has 0 bridgehead atoms. The predicted molar refractivity (Wildman–Crippen MR) is 109 cm³/mol. The molecule has 1 aromatic carbocycles. The minimum absolute atomic E-state index is 0.480. The zero-order valence-corrected chi connectivity index (χ0v) is 16.4. The molecule has 0 amide bonds. The number of ether oxygens (including phenoxy) is 1. The van der Waals surface area contributed by atoms with E-state index in [1.54, 1.807) is 54.0 Å². The Morgan fingerprint density at radius 3 is 2.72 bits per heavy atom. The van der Waals surface area contributed by atoms with Crippen LogP contribution in [-0.2, 0) is 13.5 Å². The maximum absolute atomic E-state index is 9.30. The molecular weight excluding hydrogens is 386 g/mol. The van der Waals surface area contributed by atoms with Crippen LogP contribution in [0.15, 0.2) is 48.4 Å². The van der Waals surface area contributed by atoms with Crippen LogP contribution < -0.4 is 10.5 Å². The monoisotopic (exact) mass is 403 g/mol. The lowest BCUT2D eigenvalue weighted by Crippen LogP contribution is -2.04. The number of aryl methyl sites for hydroxylation is 1. The second kappa shape index (κ2) is 8.18. The van der Waals surface area contributed by atoms with Gasteiger partial charge in [-0.2, -0.15) is 10.4 Å². The third kappa shape index (κ3) is 3.99. The van der Waals surface area contributed by atoms with Gasteiger partial charge in [-0.25, -0.2) is 14.6 Å². The third-order valence-corrected chi connectivity index (χ3v) is 5.02. The van der Waals surface area contributed by atoms with Crippen LogP contribution in [0.1, 0.15) is 11.1 Å². The molecule has 0 aliphatic carbocycles. The first-order valence-electron chi connectivity index (χ1n) is 8.84. The minimum atomic E-state index is 0.480. The fourth-order valence-electron chi connectivity index (χ4n) is 2.77. The van der Waals surface area contributed by atoms with E-state index in [0.29, 0.717) is 41.5 Å². The normalized spacial score (nSPS) is 10.7. The van der Waals surface area contributed by atoms with E-state index in [0.717, 1.165) is 16.1 Å². The summed E-state index contributed by atoms with van der Waals surface area (Å²) in [6.07, 6.45) is 5.98. The smallest absolute Gasteiger partial charge is 0.218 e. The lowest BCUT2D eigenvalue weighted by atomic mass is 10.1. The lowest BCUT2D eigenvalue weighted by molar-refractivity contribution is 0.432. The second-order valence-electron chi connectivity index (χ2n) is 6.24. The van der Waals surface area contributed by atoms with E-state index in [1.165, 1.54) is 11.3 Å². The standard InChI is InChI=1S/C20H17N7OS/c1-27-19(7-16(26-27)18-11-23-12-29-18)28-17-6-13(8-22)2-3-15(17)20-24-9-14(4-5-21)10-25-20/h2-3,6-7,9-12H,4-5,21H2,1H3. The van der Waals surface area contributed by atoms with E-state index >= 15 is 0 Å². The Morgan fingerprint density at radius 2 is 2.03 bits per heavy atom. The number of nitrogens with two attached hydrogens (primary N) is 1. The Morgan fingerprint density at radius 1 is 1.21 bits per heavy atom. The van der Waals surface area contributed by atoms with Crippen LogP contribution >= 0.6 is 11.3 Å². The molecule has 0 saturated heterocycles. The van der Waals surface area contributed by atoms with Gasteiger partial charge in [0.1, 0.15) is 11.4 Å². The van der Waals surface area contributed by atoms with Crippen LogP contribution in [0.2, 0.25) is 0 Å². The summed E-state index contributed by atoms with van der Waals surface area (Å²) in [5.74, 6) is 1.52. The molecule has 4 rings (SSSR count). The van der Waals surface area contributed by atoms with Crippen molar-refractivity contribution >= 4 is 11.3 Å². The molecule has 29 heavy (non-hydrogen) atoms. The largest absolute Gasteiger partial charge is 0.438 e. The Hall–Kier alpha value is -3.61. The molecule has 4 aromatic rings. The molecule has 8 nitrogen and oxygen atoms in total. The molecule has 0 aliphatic heterocycles. The first-order chi connectivity index (χ1) is 14.2. The third-order valence-electron chi connectivity index (χ3n) is 4.23. The number of nitriles is 1. The van der Waals surface area contributed by atoms with Gasteiger partial charge in [-0.15, -0.1) is 11.3 Å². The van der Waals surface area contributed by atoms with Crippen LogP contribution in [0, 0.1) is 11.3 Å². The summed E-state index contributed by atoms with van der Waals surface area (Å²) in [5, 5.41) is 13.8. The topological polar surface area (TPSA) is 116 Å². The average molecular weight is 403 g/mol. The van der Waals surface area contributed by atoms with E-state index in [4.69, 9.17) is 10.5 Å². The fourth-order valence-corrected chi connectivity index (χ4v) is 3.35. The number of nitrogens with zero attached hydrogens (tertiary/aromatic N) is 6. The van der Waals surface area contributed by atoms with Crippen LogP contribution in [0.3, 0.4) is 0 Å². The molecular formula is C20H17N7OS. The molecule has 0 saturated carbocycles. The Kier molecular flexibility index (Phi) is 5.29. The number of aromatic nitrogens is 5. The van der Waals surface area contributed by atoms with Crippen molar-refractivity contribution in [2.45, 2.75) is 6.42 Å². The molecule has 3 heterocycles. The van der Waals surface area contributed by atoms with Crippen molar-refractivity contribution in [1.82, 2.24) is 24.7 Å². The summed E-state index contributed by atoms with van der Waals surface area (Å²) in [6.45, 7) is 0.538. The van der Waals surface area contributed by atoms with Crippen molar-refractivity contribution < 1.29 is 4.74 Å². The van der Waals surface area contributed by atoms with Gasteiger partial charge in [0.15, 0.2) is 5.82 Å². The lowest BCUT2D eigenvalue weighted by Gasteiger charge is -2.11. The summed E-state index contributed by atoms with van der Waals surface area (Å²) >= 11 is 1.50. The first-order valence-corrected chi connectivity index (χ1v) is 9.72. The van der Waals surface area contributed by atoms with Gasteiger partial charge < -0.3 is 10.5 Å². The minimum Gasteiger partial charge on any atom is -0.438 e. The van der Waals surface area contributed by atoms with Gasteiger partial charge in [-0.1, -0.05) is 0 Å². The molecule has 9 heteroatoms. The van der Waals surface area contributed by atoms with Crippen LogP contribution in [0.5, 0.6) is 11.6 Å². The maximum atomic E-state index is 9.30. The first kappa shape index (κ1) is 18.7. The van der Waals surface area contributed by atoms with Gasteiger partial charge in [0.2, 0.25) is 5.88 Å². The van der Waals surface area contributed by atoms with Crippen molar-refractivity contribution in [3.05, 3.63) is 59.5 Å². The summed E-state index contributed by atoms with van der Waals surface area (Å²) < 4.78 is 7.77. The van der Waals surface area contributed by atoms with Gasteiger partial charge >= 0.3 is 0 Å². The molecule has 0 fully saturated rings. The molecule has 2 N–H and O–H groups in total. The van der Waals surface area contributed by atoms with E-state index in [-0.39, 0.29) is 0 Å². The zero-order chi connectivity index (χ0) is 20.2. The molecule has 144 valence electrons. The summed E-state index contributed by atoms with van der Waals surface area (Å²) in [5.41, 5.74) is 10.2. The molecule has 0 radical (unpaired) electrons. The molecule has 0 spiro atoms. The molecule has 0 unspecified atom stereocenters. The van der Waals surface area contributed by atoms with Gasteiger partial charge in [-0.3, -0.25) is 4.98 Å². The van der Waals surface area contributed by atoms with Gasteiger partial charge in [0, 0.05) is 31.7 Å². The van der Waals surface area contributed by atoms with E-state index < -0.39 is 0 Å². The van der Waals surface area contributed by atoms with Gasteiger partial charge in [0.05, 0.1) is 27.6 Å². The number of thiazole rings is 1. The van der Waals surface area contributed by atoms with Crippen LogP contribution in [-0.4, -0.2) is 31.3 Å². The molecule has 3 aromatic heterocycles. The molecule has 0 aliphatic rings. The van der Waals surface area contributed by atoms with Crippen LogP contribution in [0.25, 0.3) is 22.0 Å². The number of hydrogen-bond donors (Lipinski definition) is 1. The number of rotatable bonds is 6. The fraction of sp³-hybridized carbons (Fsp3) is 0.150. The van der Waals surface area contributed by atoms with E-state index in [2.05, 4.69) is 26.1 Å². The van der Waals surface area contributed by atoms with Crippen molar-refractivity contribution in [2.24, 2.45) is 12.8 Å². The highest BCUT2D eigenvalue weighted by Crippen LogP contribution is 2.34. The van der Waals surface area contributed by atoms with Gasteiger partial charge in [-0.05, 0) is 36.7 Å². The zero-order valence-electron chi connectivity index (χ0n) is 15.6. The Bertz CT molecular complexity index is 1160. The Balaban J connectivity index is 1.71. The number of hydrogen-bond acceptors (Lipinski definition) is 8. The summed E-state index contributed by atoms with van der Waals surface area (Å²) in [4.78, 5) is 13.9. The maximum Gasteiger partial charge on any atom is 0.218 e. The van der Waals surface area contributed by atoms with Crippen LogP contribution in [0.4, 0.5) is 0 Å².